The molecule has 2 rings (SSSR count). The van der Waals surface area contributed by atoms with Crippen LogP contribution in [-0.4, -0.2) is 29.4 Å². The van der Waals surface area contributed by atoms with E-state index in [9.17, 15) is 14.4 Å². The Bertz CT molecular complexity index is 716. The maximum atomic E-state index is 12.1. The number of aromatic nitrogens is 1. The fraction of sp³-hybridized carbons (Fsp3) is 0.250. The number of unbranched alkanes of at least 4 members (excludes halogenated alkanes) is 1. The molecule has 0 aliphatic carbocycles. The van der Waals surface area contributed by atoms with Gasteiger partial charge in [0.1, 0.15) is 0 Å². The summed E-state index contributed by atoms with van der Waals surface area (Å²) in [6.45, 7) is 2.30. The van der Waals surface area contributed by atoms with Crippen LogP contribution in [0.5, 0.6) is 0 Å². The van der Waals surface area contributed by atoms with Crippen molar-refractivity contribution < 1.29 is 19.1 Å². The van der Waals surface area contributed by atoms with Crippen molar-refractivity contribution >= 4 is 39.9 Å². The summed E-state index contributed by atoms with van der Waals surface area (Å²) < 4.78 is 5.14. The van der Waals surface area contributed by atoms with Crippen LogP contribution in [0.15, 0.2) is 35.8 Å². The van der Waals surface area contributed by atoms with Crippen molar-refractivity contribution in [1.82, 2.24) is 4.98 Å². The van der Waals surface area contributed by atoms with Crippen LogP contribution in [0.25, 0.3) is 0 Å². The second-order valence-electron chi connectivity index (χ2n) is 4.78. The highest BCUT2D eigenvalue weighted by molar-refractivity contribution is 7.13. The molecule has 0 aliphatic heterocycles. The number of anilines is 2. The van der Waals surface area contributed by atoms with Crippen LogP contribution >= 0.6 is 11.3 Å². The van der Waals surface area contributed by atoms with E-state index in [2.05, 4.69) is 15.6 Å². The molecule has 0 fully saturated rings. The van der Waals surface area contributed by atoms with Crippen LogP contribution in [0.2, 0.25) is 0 Å². The van der Waals surface area contributed by atoms with E-state index in [4.69, 9.17) is 4.74 Å². The number of rotatable bonds is 6. The third-order valence-corrected chi connectivity index (χ3v) is 3.67. The molecule has 2 amide bonds. The maximum Gasteiger partial charge on any atom is 0.340 e. The average Bonchev–Trinajstić information content (AvgIpc) is 3.08. The van der Waals surface area contributed by atoms with Gasteiger partial charge in [-0.15, -0.1) is 11.3 Å². The molecule has 1 aromatic carbocycles. The summed E-state index contributed by atoms with van der Waals surface area (Å²) in [4.78, 5) is 39.7. The van der Waals surface area contributed by atoms with Gasteiger partial charge >= 0.3 is 17.8 Å². The molecule has 126 valence electrons. The fourth-order valence-corrected chi connectivity index (χ4v) is 2.30. The zero-order valence-electron chi connectivity index (χ0n) is 13.1. The van der Waals surface area contributed by atoms with Gasteiger partial charge in [0.15, 0.2) is 5.13 Å². The van der Waals surface area contributed by atoms with Gasteiger partial charge in [0.25, 0.3) is 0 Å². The Labute approximate surface area is 143 Å². The van der Waals surface area contributed by atoms with E-state index in [1.807, 2.05) is 6.92 Å². The van der Waals surface area contributed by atoms with Crippen molar-refractivity contribution in [2.45, 2.75) is 19.8 Å². The van der Waals surface area contributed by atoms with Gasteiger partial charge in [-0.25, -0.2) is 9.78 Å². The van der Waals surface area contributed by atoms with Gasteiger partial charge in [-0.3, -0.25) is 14.9 Å². The lowest BCUT2D eigenvalue weighted by atomic mass is 10.2. The summed E-state index contributed by atoms with van der Waals surface area (Å²) in [6.07, 6.45) is 3.18. The number of esters is 1. The first kappa shape index (κ1) is 17.6. The topological polar surface area (TPSA) is 97.4 Å². The summed E-state index contributed by atoms with van der Waals surface area (Å²) in [6, 6.07) is 6.37. The second kappa shape index (κ2) is 8.78. The number of carbonyl (C=O) groups is 3. The van der Waals surface area contributed by atoms with Gasteiger partial charge in [-0.05, 0) is 18.6 Å². The van der Waals surface area contributed by atoms with Crippen LogP contribution < -0.4 is 10.6 Å². The van der Waals surface area contributed by atoms with Crippen molar-refractivity contribution in [2.75, 3.05) is 17.2 Å². The molecule has 2 N–H and O–H groups in total. The number of carbonyl (C=O) groups excluding carboxylic acids is 3. The SMILES string of the molecule is CCCCOC(=O)c1ccccc1NC(=O)C(=O)Nc1nccs1. The third kappa shape index (κ3) is 4.88. The van der Waals surface area contributed by atoms with Crippen LogP contribution in [0.1, 0.15) is 30.1 Å². The lowest BCUT2D eigenvalue weighted by molar-refractivity contribution is -0.133. The zero-order valence-corrected chi connectivity index (χ0v) is 13.9. The van der Waals surface area contributed by atoms with E-state index in [0.717, 1.165) is 12.8 Å². The lowest BCUT2D eigenvalue weighted by Crippen LogP contribution is -2.29. The molecule has 1 aromatic heterocycles. The number of nitrogens with one attached hydrogen (secondary N) is 2. The normalized spacial score (nSPS) is 10.0. The molecule has 0 unspecified atom stereocenters. The first-order valence-electron chi connectivity index (χ1n) is 7.39. The van der Waals surface area contributed by atoms with Gasteiger partial charge in [0, 0.05) is 11.6 Å². The molecule has 0 saturated carbocycles. The highest BCUT2D eigenvalue weighted by atomic mass is 32.1. The van der Waals surface area contributed by atoms with E-state index in [1.165, 1.54) is 29.7 Å². The number of ether oxygens (including phenoxy) is 1. The Morgan fingerprint density at radius 3 is 2.62 bits per heavy atom. The van der Waals surface area contributed by atoms with Crippen LogP contribution in [0.4, 0.5) is 10.8 Å². The average molecular weight is 347 g/mol. The second-order valence-corrected chi connectivity index (χ2v) is 5.68. The molecule has 8 heteroatoms. The van der Waals surface area contributed by atoms with Crippen LogP contribution in [0.3, 0.4) is 0 Å². The van der Waals surface area contributed by atoms with Crippen molar-refractivity contribution in [2.24, 2.45) is 0 Å². The molecule has 7 nitrogen and oxygen atoms in total. The Morgan fingerprint density at radius 1 is 1.17 bits per heavy atom. The summed E-state index contributed by atoms with van der Waals surface area (Å²) in [5, 5.41) is 6.79. The molecule has 0 bridgehead atoms. The number of nitrogens with zero attached hydrogens (tertiary/aromatic N) is 1. The quantitative estimate of drug-likeness (QED) is 0.476. The van der Waals surface area contributed by atoms with Crippen molar-refractivity contribution in [3.63, 3.8) is 0 Å². The Morgan fingerprint density at radius 2 is 1.92 bits per heavy atom. The lowest BCUT2D eigenvalue weighted by Gasteiger charge is -2.10. The highest BCUT2D eigenvalue weighted by Gasteiger charge is 2.19. The van der Waals surface area contributed by atoms with Gasteiger partial charge in [0.2, 0.25) is 0 Å². The number of thiazole rings is 1. The first-order valence-corrected chi connectivity index (χ1v) is 8.27. The molecular weight excluding hydrogens is 330 g/mol. The predicted molar refractivity (Wildman–Crippen MR) is 91.0 cm³/mol. The van der Waals surface area contributed by atoms with Gasteiger partial charge in [-0.2, -0.15) is 0 Å². The van der Waals surface area contributed by atoms with Crippen molar-refractivity contribution in [1.29, 1.82) is 0 Å². The van der Waals surface area contributed by atoms with Gasteiger partial charge < -0.3 is 10.1 Å². The largest absolute Gasteiger partial charge is 0.462 e. The van der Waals surface area contributed by atoms with Crippen LogP contribution in [-0.2, 0) is 14.3 Å². The molecule has 0 aliphatic rings. The molecule has 0 radical (unpaired) electrons. The number of amides is 2. The van der Waals surface area contributed by atoms with Crippen molar-refractivity contribution in [3.8, 4) is 0 Å². The number of benzene rings is 1. The standard InChI is InChI=1S/C16H17N3O4S/c1-2-3-9-23-15(22)11-6-4-5-7-12(11)18-13(20)14(21)19-16-17-8-10-24-16/h4-8,10H,2-3,9H2,1H3,(H,18,20)(H,17,19,21). The van der Waals surface area contributed by atoms with Gasteiger partial charge in [-0.1, -0.05) is 25.5 Å². The van der Waals surface area contributed by atoms with E-state index < -0.39 is 17.8 Å². The molecule has 0 saturated heterocycles. The maximum absolute atomic E-state index is 12.1. The van der Waals surface area contributed by atoms with Gasteiger partial charge in [0.05, 0.1) is 17.9 Å². The minimum absolute atomic E-state index is 0.198. The summed E-state index contributed by atoms with van der Waals surface area (Å²) in [5.41, 5.74) is 0.419. The molecule has 0 spiro atoms. The highest BCUT2D eigenvalue weighted by Crippen LogP contribution is 2.17. The Balaban J connectivity index is 2.02. The number of hydrogen-bond acceptors (Lipinski definition) is 6. The van der Waals surface area contributed by atoms with E-state index in [-0.39, 0.29) is 11.3 Å². The number of hydrogen-bond donors (Lipinski definition) is 2. The van der Waals surface area contributed by atoms with Crippen molar-refractivity contribution in [3.05, 3.63) is 41.4 Å². The Kier molecular flexibility index (Phi) is 6.44. The zero-order chi connectivity index (χ0) is 17.4. The molecule has 24 heavy (non-hydrogen) atoms. The molecule has 0 atom stereocenters. The number of para-hydroxylation sites is 1. The minimum atomic E-state index is -0.890. The third-order valence-electron chi connectivity index (χ3n) is 2.99. The monoisotopic (exact) mass is 347 g/mol. The smallest absolute Gasteiger partial charge is 0.340 e. The molecular formula is C16H17N3O4S. The minimum Gasteiger partial charge on any atom is -0.462 e. The van der Waals surface area contributed by atoms with E-state index in [0.29, 0.717) is 11.7 Å². The fourth-order valence-electron chi connectivity index (χ4n) is 1.78. The Hall–Kier alpha value is -2.74. The predicted octanol–water partition coefficient (Wildman–Crippen LogP) is 2.68. The molecule has 2 aromatic rings. The van der Waals surface area contributed by atoms with E-state index in [1.54, 1.807) is 17.5 Å². The summed E-state index contributed by atoms with van der Waals surface area (Å²) in [7, 11) is 0. The first-order chi connectivity index (χ1) is 11.6. The summed E-state index contributed by atoms with van der Waals surface area (Å²) >= 11 is 1.20. The van der Waals surface area contributed by atoms with Crippen LogP contribution in [0, 0.1) is 0 Å². The molecule has 1 heterocycles. The van der Waals surface area contributed by atoms with E-state index >= 15 is 0 Å². The summed E-state index contributed by atoms with van der Waals surface area (Å²) in [5.74, 6) is -2.29.